The Hall–Kier alpha value is -2.42. The van der Waals surface area contributed by atoms with Crippen LogP contribution in [-0.4, -0.2) is 39.5 Å². The van der Waals surface area contributed by atoms with E-state index in [-0.39, 0.29) is 23.8 Å². The predicted octanol–water partition coefficient (Wildman–Crippen LogP) is 2.53. The van der Waals surface area contributed by atoms with E-state index in [1.807, 2.05) is 24.3 Å². The Morgan fingerprint density at radius 2 is 1.97 bits per heavy atom. The molecule has 1 aliphatic heterocycles. The summed E-state index contributed by atoms with van der Waals surface area (Å²) in [6.45, 7) is 1.90. The van der Waals surface area contributed by atoms with Gasteiger partial charge in [0.05, 0.1) is 11.3 Å². The zero-order valence-electron chi connectivity index (χ0n) is 15.8. The number of para-hydroxylation sites is 1. The minimum Gasteiger partial charge on any atom is -0.452 e. The van der Waals surface area contributed by atoms with Gasteiger partial charge in [0, 0.05) is 23.8 Å². The summed E-state index contributed by atoms with van der Waals surface area (Å²) >= 11 is 5.81. The molecule has 2 aromatic rings. The molecule has 2 aromatic carbocycles. The number of fused-ring (bicyclic) bond motifs is 1. The van der Waals surface area contributed by atoms with Crippen LogP contribution in [0.4, 0.5) is 5.69 Å². The van der Waals surface area contributed by atoms with E-state index in [9.17, 15) is 18.0 Å². The topological polar surface area (TPSA) is 92.8 Å². The lowest BCUT2D eigenvalue weighted by atomic mass is 10.2. The number of carbonyl (C=O) groups is 2. The molecule has 1 heterocycles. The van der Waals surface area contributed by atoms with Crippen LogP contribution < -0.4 is 9.62 Å². The van der Waals surface area contributed by atoms with Crippen molar-refractivity contribution >= 4 is 39.2 Å². The number of amides is 1. The van der Waals surface area contributed by atoms with E-state index in [4.69, 9.17) is 16.3 Å². The summed E-state index contributed by atoms with van der Waals surface area (Å²) in [5.41, 5.74) is 1.91. The minimum atomic E-state index is -3.79. The molecule has 0 aromatic heterocycles. The van der Waals surface area contributed by atoms with Gasteiger partial charge in [-0.2, -0.15) is 0 Å². The van der Waals surface area contributed by atoms with Crippen molar-refractivity contribution in [2.45, 2.75) is 30.8 Å². The first-order chi connectivity index (χ1) is 13.8. The Balaban J connectivity index is 1.50. The number of benzene rings is 2. The fourth-order valence-electron chi connectivity index (χ4n) is 3.10. The zero-order valence-corrected chi connectivity index (χ0v) is 17.4. The Kier molecular flexibility index (Phi) is 6.56. The van der Waals surface area contributed by atoms with Crippen LogP contribution in [0.25, 0.3) is 0 Å². The lowest BCUT2D eigenvalue weighted by molar-refractivity contribution is -0.153. The van der Waals surface area contributed by atoms with Gasteiger partial charge in [0.15, 0.2) is 6.10 Å². The van der Waals surface area contributed by atoms with Crippen LogP contribution in [0.15, 0.2) is 53.4 Å². The van der Waals surface area contributed by atoms with Crippen molar-refractivity contribution in [1.82, 2.24) is 4.72 Å². The van der Waals surface area contributed by atoms with Gasteiger partial charge in [-0.1, -0.05) is 35.9 Å². The summed E-state index contributed by atoms with van der Waals surface area (Å²) in [6.07, 6.45) is -0.403. The summed E-state index contributed by atoms with van der Waals surface area (Å²) in [5.74, 6) is -0.963. The molecule has 1 aliphatic rings. The molecule has 0 saturated heterocycles. The number of sulfonamides is 1. The normalized spacial score (nSPS) is 14.3. The van der Waals surface area contributed by atoms with Crippen LogP contribution in [0.3, 0.4) is 0 Å². The van der Waals surface area contributed by atoms with Gasteiger partial charge in [-0.05, 0) is 43.2 Å². The lowest BCUT2D eigenvalue weighted by Gasteiger charge is -2.21. The number of halogens is 1. The molecule has 7 nitrogen and oxygen atoms in total. The van der Waals surface area contributed by atoms with E-state index < -0.39 is 22.1 Å². The molecule has 0 fully saturated rings. The highest BCUT2D eigenvalue weighted by molar-refractivity contribution is 7.89. The molecule has 1 amide bonds. The number of carbonyl (C=O) groups excluding carboxylic acids is 2. The summed E-state index contributed by atoms with van der Waals surface area (Å²) in [4.78, 5) is 26.3. The second-order valence-corrected chi connectivity index (χ2v) is 8.81. The van der Waals surface area contributed by atoms with Crippen LogP contribution in [0, 0.1) is 0 Å². The van der Waals surface area contributed by atoms with Gasteiger partial charge >= 0.3 is 5.97 Å². The maximum absolute atomic E-state index is 12.6. The quantitative estimate of drug-likeness (QED) is 0.673. The number of hydrogen-bond donors (Lipinski definition) is 1. The van der Waals surface area contributed by atoms with Gasteiger partial charge < -0.3 is 9.64 Å². The van der Waals surface area contributed by atoms with E-state index in [2.05, 4.69) is 4.72 Å². The second-order valence-electron chi connectivity index (χ2n) is 6.61. The average Bonchev–Trinajstić information content (AvgIpc) is 3.11. The molecule has 0 bridgehead atoms. The maximum Gasteiger partial charge on any atom is 0.307 e. The third-order valence-electron chi connectivity index (χ3n) is 4.54. The average molecular weight is 437 g/mol. The summed E-state index contributed by atoms with van der Waals surface area (Å²) in [7, 11) is -3.79. The smallest absolute Gasteiger partial charge is 0.307 e. The first kappa shape index (κ1) is 21.3. The van der Waals surface area contributed by atoms with Gasteiger partial charge in [0.25, 0.3) is 5.91 Å². The van der Waals surface area contributed by atoms with Gasteiger partial charge in [-0.3, -0.25) is 9.59 Å². The van der Waals surface area contributed by atoms with Crippen LogP contribution in [0.2, 0.25) is 5.02 Å². The van der Waals surface area contributed by atoms with Gasteiger partial charge in [-0.15, -0.1) is 0 Å². The number of rotatable bonds is 7. The Morgan fingerprint density at radius 3 is 2.72 bits per heavy atom. The summed E-state index contributed by atoms with van der Waals surface area (Å²) in [5, 5.41) is 0.295. The number of ether oxygens (including phenoxy) is 1. The third-order valence-corrected chi connectivity index (χ3v) is 6.23. The molecule has 0 spiro atoms. The zero-order chi connectivity index (χ0) is 21.0. The van der Waals surface area contributed by atoms with Crippen molar-refractivity contribution in [3.05, 3.63) is 59.1 Å². The molecular formula is C20H21ClN2O5S. The monoisotopic (exact) mass is 436 g/mol. The van der Waals surface area contributed by atoms with Crippen molar-refractivity contribution in [1.29, 1.82) is 0 Å². The molecule has 9 heteroatoms. The molecule has 0 saturated carbocycles. The van der Waals surface area contributed by atoms with E-state index in [1.165, 1.54) is 25.1 Å². The fraction of sp³-hybridized carbons (Fsp3) is 0.300. The Labute approximate surface area is 174 Å². The predicted molar refractivity (Wildman–Crippen MR) is 109 cm³/mol. The molecule has 1 unspecified atom stereocenters. The van der Waals surface area contributed by atoms with E-state index in [0.717, 1.165) is 17.7 Å². The van der Waals surface area contributed by atoms with Crippen molar-refractivity contribution in [2.75, 3.05) is 18.0 Å². The molecule has 1 N–H and O–H groups in total. The molecule has 0 radical (unpaired) electrons. The van der Waals surface area contributed by atoms with Gasteiger partial charge in [-0.25, -0.2) is 13.1 Å². The van der Waals surface area contributed by atoms with Crippen molar-refractivity contribution in [3.63, 3.8) is 0 Å². The molecule has 0 aliphatic carbocycles. The lowest BCUT2D eigenvalue weighted by Crippen LogP contribution is -2.39. The first-order valence-corrected chi connectivity index (χ1v) is 11.0. The number of hydrogen-bond acceptors (Lipinski definition) is 5. The number of anilines is 1. The Bertz CT molecular complexity index is 1030. The molecule has 3 rings (SSSR count). The maximum atomic E-state index is 12.6. The number of nitrogens with zero attached hydrogens (tertiary/aromatic N) is 1. The molecule has 29 heavy (non-hydrogen) atoms. The number of esters is 1. The van der Waals surface area contributed by atoms with Crippen LogP contribution in [-0.2, 0) is 30.8 Å². The molecular weight excluding hydrogens is 416 g/mol. The van der Waals surface area contributed by atoms with Crippen molar-refractivity contribution < 1.29 is 22.7 Å². The highest BCUT2D eigenvalue weighted by atomic mass is 35.5. The second kappa shape index (κ2) is 8.94. The standard InChI is InChI=1S/C20H21ClN2O5S/c1-14(20(25)23-12-10-15-5-2-3-8-18(15)23)28-19(24)9-11-22-29(26,27)17-7-4-6-16(21)13-17/h2-8,13-14,22H,9-12H2,1H3. The van der Waals surface area contributed by atoms with E-state index in [0.29, 0.717) is 11.6 Å². The summed E-state index contributed by atoms with van der Waals surface area (Å²) < 4.78 is 31.9. The van der Waals surface area contributed by atoms with E-state index >= 15 is 0 Å². The van der Waals surface area contributed by atoms with Crippen LogP contribution >= 0.6 is 11.6 Å². The Morgan fingerprint density at radius 1 is 1.21 bits per heavy atom. The van der Waals surface area contributed by atoms with Gasteiger partial charge in [0.2, 0.25) is 10.0 Å². The summed E-state index contributed by atoms with van der Waals surface area (Å²) in [6, 6.07) is 13.4. The van der Waals surface area contributed by atoms with Crippen LogP contribution in [0.5, 0.6) is 0 Å². The minimum absolute atomic E-state index is 0.00890. The molecule has 1 atom stereocenters. The molecule has 154 valence electrons. The number of nitrogens with one attached hydrogen (secondary N) is 1. The highest BCUT2D eigenvalue weighted by Crippen LogP contribution is 2.28. The van der Waals surface area contributed by atoms with Crippen molar-refractivity contribution in [2.24, 2.45) is 0 Å². The SMILES string of the molecule is CC(OC(=O)CCNS(=O)(=O)c1cccc(Cl)c1)C(=O)N1CCc2ccccc21. The first-order valence-electron chi connectivity index (χ1n) is 9.12. The van der Waals surface area contributed by atoms with Crippen molar-refractivity contribution in [3.8, 4) is 0 Å². The van der Waals surface area contributed by atoms with Crippen LogP contribution in [0.1, 0.15) is 18.9 Å². The third kappa shape index (κ3) is 5.14. The largest absolute Gasteiger partial charge is 0.452 e. The highest BCUT2D eigenvalue weighted by Gasteiger charge is 2.29. The van der Waals surface area contributed by atoms with E-state index in [1.54, 1.807) is 11.0 Å². The fourth-order valence-corrected chi connectivity index (χ4v) is 4.43. The van der Waals surface area contributed by atoms with Gasteiger partial charge in [0.1, 0.15) is 0 Å².